The molecule has 1 aliphatic heterocycles. The van der Waals surface area contributed by atoms with Gasteiger partial charge in [0.25, 0.3) is 0 Å². The molecule has 3 aromatic rings. The van der Waals surface area contributed by atoms with Gasteiger partial charge in [0, 0.05) is 19.4 Å². The van der Waals surface area contributed by atoms with Crippen LogP contribution in [0.25, 0.3) is 0 Å². The van der Waals surface area contributed by atoms with Crippen molar-refractivity contribution in [2.75, 3.05) is 20.2 Å². The fourth-order valence-electron chi connectivity index (χ4n) is 4.70. The number of ether oxygens (including phenoxy) is 2. The molecule has 1 amide bonds. The normalized spacial score (nSPS) is 16.1. The fourth-order valence-corrected chi connectivity index (χ4v) is 4.82. The van der Waals surface area contributed by atoms with Crippen molar-refractivity contribution in [2.24, 2.45) is 0 Å². The van der Waals surface area contributed by atoms with Crippen LogP contribution in [0.4, 0.5) is 4.39 Å². The van der Waals surface area contributed by atoms with Gasteiger partial charge in [-0.1, -0.05) is 41.9 Å². The third-order valence-electron chi connectivity index (χ3n) is 6.45. The zero-order valence-corrected chi connectivity index (χ0v) is 21.6. The van der Waals surface area contributed by atoms with Crippen LogP contribution < -0.4 is 9.47 Å². The van der Waals surface area contributed by atoms with Crippen LogP contribution >= 0.6 is 11.6 Å². The first-order valence-corrected chi connectivity index (χ1v) is 12.4. The molecule has 1 N–H and O–H groups in total. The number of hydrogen-bond acceptors (Lipinski definition) is 4. The number of halogens is 2. The maximum atomic E-state index is 13.9. The van der Waals surface area contributed by atoms with E-state index in [9.17, 15) is 19.1 Å². The predicted molar refractivity (Wildman–Crippen MR) is 139 cm³/mol. The SMILES string of the molecule is COc1cccc(CCN(CC(=O)O)C(=O)Cc2ccc3c(c2)C[C@@](C)(Cc2ccc(Cl)c(F)c2)O3)c1. The molecule has 0 aliphatic carbocycles. The minimum absolute atomic E-state index is 0.0811. The highest BCUT2D eigenvalue weighted by atomic mass is 35.5. The van der Waals surface area contributed by atoms with Crippen LogP contribution in [0.2, 0.25) is 5.02 Å². The lowest BCUT2D eigenvalue weighted by atomic mass is 9.91. The largest absolute Gasteiger partial charge is 0.497 e. The summed E-state index contributed by atoms with van der Waals surface area (Å²) in [5.41, 5.74) is 2.93. The van der Waals surface area contributed by atoms with Crippen molar-refractivity contribution in [1.29, 1.82) is 0 Å². The average molecular weight is 526 g/mol. The summed E-state index contributed by atoms with van der Waals surface area (Å²) in [5.74, 6) is -0.341. The van der Waals surface area contributed by atoms with Crippen molar-refractivity contribution in [3.63, 3.8) is 0 Å². The van der Waals surface area contributed by atoms with Crippen LogP contribution in [0, 0.1) is 5.82 Å². The van der Waals surface area contributed by atoms with E-state index < -0.39 is 17.4 Å². The van der Waals surface area contributed by atoms with Gasteiger partial charge < -0.3 is 19.5 Å². The zero-order valence-electron chi connectivity index (χ0n) is 20.8. The number of benzene rings is 3. The Morgan fingerprint density at radius 2 is 1.89 bits per heavy atom. The minimum Gasteiger partial charge on any atom is -0.497 e. The highest BCUT2D eigenvalue weighted by Crippen LogP contribution is 2.38. The fraction of sp³-hybridized carbons (Fsp3) is 0.310. The molecule has 0 unspecified atom stereocenters. The van der Waals surface area contributed by atoms with Gasteiger partial charge in [0.1, 0.15) is 29.5 Å². The van der Waals surface area contributed by atoms with Crippen LogP contribution in [-0.2, 0) is 35.3 Å². The van der Waals surface area contributed by atoms with E-state index in [1.54, 1.807) is 19.2 Å². The Labute approximate surface area is 220 Å². The number of aliphatic carboxylic acids is 1. The Hall–Kier alpha value is -3.58. The molecule has 3 aromatic carbocycles. The van der Waals surface area contributed by atoms with Crippen molar-refractivity contribution < 1.29 is 28.6 Å². The summed E-state index contributed by atoms with van der Waals surface area (Å²) in [6, 6.07) is 17.8. The quantitative estimate of drug-likeness (QED) is 0.397. The van der Waals surface area contributed by atoms with E-state index in [1.165, 1.54) is 11.0 Å². The summed E-state index contributed by atoms with van der Waals surface area (Å²) in [7, 11) is 1.58. The van der Waals surface area contributed by atoms with Gasteiger partial charge >= 0.3 is 5.97 Å². The third-order valence-corrected chi connectivity index (χ3v) is 6.75. The van der Waals surface area contributed by atoms with Crippen molar-refractivity contribution in [2.45, 2.75) is 38.2 Å². The second-order valence-electron chi connectivity index (χ2n) is 9.58. The Bertz CT molecular complexity index is 1310. The number of carboxylic acid groups (broad SMARTS) is 1. The van der Waals surface area contributed by atoms with E-state index in [4.69, 9.17) is 21.1 Å². The number of fused-ring (bicyclic) bond motifs is 1. The molecule has 1 heterocycles. The van der Waals surface area contributed by atoms with Crippen molar-refractivity contribution in [1.82, 2.24) is 4.90 Å². The van der Waals surface area contributed by atoms with Gasteiger partial charge in [-0.15, -0.1) is 0 Å². The number of rotatable bonds is 10. The van der Waals surface area contributed by atoms with Gasteiger partial charge in [-0.2, -0.15) is 0 Å². The van der Waals surface area contributed by atoms with Crippen LogP contribution in [0.5, 0.6) is 11.5 Å². The van der Waals surface area contributed by atoms with Crippen LogP contribution in [0.15, 0.2) is 60.7 Å². The molecule has 0 saturated heterocycles. The number of hydrogen-bond donors (Lipinski definition) is 1. The monoisotopic (exact) mass is 525 g/mol. The van der Waals surface area contributed by atoms with Crippen molar-refractivity contribution in [3.8, 4) is 11.5 Å². The second-order valence-corrected chi connectivity index (χ2v) is 9.99. The van der Waals surface area contributed by atoms with E-state index in [1.807, 2.05) is 49.4 Å². The number of carbonyl (C=O) groups excluding carboxylic acids is 1. The van der Waals surface area contributed by atoms with Gasteiger partial charge in [-0.05, 0) is 65.9 Å². The molecule has 37 heavy (non-hydrogen) atoms. The van der Waals surface area contributed by atoms with E-state index in [-0.39, 0.29) is 30.4 Å². The Morgan fingerprint density at radius 3 is 2.62 bits per heavy atom. The van der Waals surface area contributed by atoms with E-state index in [2.05, 4.69) is 0 Å². The molecule has 0 bridgehead atoms. The Kier molecular flexibility index (Phi) is 8.03. The summed E-state index contributed by atoms with van der Waals surface area (Å²) in [4.78, 5) is 25.9. The molecule has 1 aliphatic rings. The molecule has 0 radical (unpaired) electrons. The number of methoxy groups -OCH3 is 1. The summed E-state index contributed by atoms with van der Waals surface area (Å²) >= 11 is 5.80. The number of carbonyl (C=O) groups is 2. The van der Waals surface area contributed by atoms with Gasteiger partial charge in [0.05, 0.1) is 18.6 Å². The summed E-state index contributed by atoms with van der Waals surface area (Å²) in [6.45, 7) is 1.88. The predicted octanol–water partition coefficient (Wildman–Crippen LogP) is 5.12. The van der Waals surface area contributed by atoms with Gasteiger partial charge in [-0.25, -0.2) is 4.39 Å². The van der Waals surface area contributed by atoms with E-state index >= 15 is 0 Å². The summed E-state index contributed by atoms with van der Waals surface area (Å²) in [5, 5.41) is 9.44. The second kappa shape index (κ2) is 11.2. The topological polar surface area (TPSA) is 76.1 Å². The van der Waals surface area contributed by atoms with Crippen LogP contribution in [0.1, 0.15) is 29.2 Å². The van der Waals surface area contributed by atoms with Crippen molar-refractivity contribution >= 4 is 23.5 Å². The lowest BCUT2D eigenvalue weighted by Crippen LogP contribution is -2.38. The molecule has 0 aromatic heterocycles. The van der Waals surface area contributed by atoms with Gasteiger partial charge in [-0.3, -0.25) is 9.59 Å². The highest BCUT2D eigenvalue weighted by Gasteiger charge is 2.35. The summed E-state index contributed by atoms with van der Waals surface area (Å²) in [6.07, 6.45) is 1.69. The van der Waals surface area contributed by atoms with E-state index in [0.29, 0.717) is 25.0 Å². The third kappa shape index (κ3) is 6.80. The van der Waals surface area contributed by atoms with Gasteiger partial charge in [0.2, 0.25) is 5.91 Å². The maximum Gasteiger partial charge on any atom is 0.323 e. The first-order chi connectivity index (χ1) is 17.6. The lowest BCUT2D eigenvalue weighted by molar-refractivity contribution is -0.144. The average Bonchev–Trinajstić information content (AvgIpc) is 3.18. The molecular formula is C29H29ClFNO5. The zero-order chi connectivity index (χ0) is 26.6. The molecular weight excluding hydrogens is 497 g/mol. The van der Waals surface area contributed by atoms with E-state index in [0.717, 1.165) is 28.0 Å². The number of carboxylic acids is 1. The number of nitrogens with zero attached hydrogens (tertiary/aromatic N) is 1. The summed E-state index contributed by atoms with van der Waals surface area (Å²) < 4.78 is 25.3. The van der Waals surface area contributed by atoms with Gasteiger partial charge in [0.15, 0.2) is 0 Å². The minimum atomic E-state index is -1.06. The lowest BCUT2D eigenvalue weighted by Gasteiger charge is -2.24. The highest BCUT2D eigenvalue weighted by molar-refractivity contribution is 6.30. The standard InChI is InChI=1S/C29H29ClFNO5/c1-29(16-21-6-8-24(30)25(31)14-21)17-22-12-20(7-9-26(22)37-29)15-27(33)32(18-28(34)35)11-10-19-4-3-5-23(13-19)36-2/h3-9,12-14H,10-11,15-18H2,1-2H3,(H,34,35)/t29-/m1/s1. The Morgan fingerprint density at radius 1 is 1.11 bits per heavy atom. The molecule has 0 fully saturated rings. The first-order valence-electron chi connectivity index (χ1n) is 12.0. The van der Waals surface area contributed by atoms with Crippen LogP contribution in [0.3, 0.4) is 0 Å². The molecule has 4 rings (SSSR count). The molecule has 1 atom stereocenters. The van der Waals surface area contributed by atoms with Crippen LogP contribution in [-0.4, -0.2) is 47.7 Å². The van der Waals surface area contributed by atoms with Crippen molar-refractivity contribution in [3.05, 3.63) is 93.8 Å². The Balaban J connectivity index is 1.41. The smallest absolute Gasteiger partial charge is 0.323 e. The maximum absolute atomic E-state index is 13.9. The molecule has 0 spiro atoms. The molecule has 0 saturated carbocycles. The molecule has 6 nitrogen and oxygen atoms in total. The molecule has 194 valence electrons. The first kappa shape index (κ1) is 26.5. The number of amides is 1. The molecule has 8 heteroatoms.